The van der Waals surface area contributed by atoms with Gasteiger partial charge in [-0.2, -0.15) is 0 Å². The lowest BCUT2D eigenvalue weighted by Crippen LogP contribution is -2.61. The zero-order chi connectivity index (χ0) is 14.0. The molecule has 1 N–H and O–H groups in total. The van der Waals surface area contributed by atoms with Crippen molar-refractivity contribution in [2.24, 2.45) is 28.1 Å². The van der Waals surface area contributed by atoms with E-state index in [1.54, 1.807) is 0 Å². The average molecular weight is 275 g/mol. The number of piperidine rings is 1. The smallest absolute Gasteiger partial charge is 0.0124 e. The summed E-state index contributed by atoms with van der Waals surface area (Å²) in [5.41, 5.74) is 1.93. The number of fused-ring (bicyclic) bond motifs is 5. The number of rotatable bonds is 0. The van der Waals surface area contributed by atoms with Gasteiger partial charge in [0, 0.05) is 6.04 Å². The zero-order valence-corrected chi connectivity index (χ0v) is 13.8. The van der Waals surface area contributed by atoms with Gasteiger partial charge in [0.15, 0.2) is 0 Å². The molecule has 114 valence electrons. The summed E-state index contributed by atoms with van der Waals surface area (Å²) >= 11 is 0. The van der Waals surface area contributed by atoms with E-state index < -0.39 is 0 Å². The first-order valence-corrected chi connectivity index (χ1v) is 9.23. The highest BCUT2D eigenvalue weighted by Crippen LogP contribution is 2.69. The molecule has 1 nitrogen and oxygen atoms in total. The molecule has 0 radical (unpaired) electrons. The molecule has 4 aliphatic rings. The predicted molar refractivity (Wildman–Crippen MR) is 84.6 cm³/mol. The molecule has 1 saturated heterocycles. The van der Waals surface area contributed by atoms with Crippen molar-refractivity contribution in [1.29, 1.82) is 0 Å². The molecule has 4 fully saturated rings. The Morgan fingerprint density at radius 2 is 1.65 bits per heavy atom. The Balaban J connectivity index is 1.70. The van der Waals surface area contributed by atoms with Gasteiger partial charge in [0.2, 0.25) is 0 Å². The fraction of sp³-hybridized carbons (Fsp3) is 1.00. The Labute approximate surface area is 125 Å². The van der Waals surface area contributed by atoms with E-state index >= 15 is 0 Å². The molecule has 0 bridgehead atoms. The van der Waals surface area contributed by atoms with Gasteiger partial charge >= 0.3 is 0 Å². The van der Waals surface area contributed by atoms with Crippen LogP contribution in [-0.4, -0.2) is 12.6 Å². The van der Waals surface area contributed by atoms with E-state index in [9.17, 15) is 0 Å². The van der Waals surface area contributed by atoms with Crippen molar-refractivity contribution in [3.8, 4) is 0 Å². The van der Waals surface area contributed by atoms with Gasteiger partial charge in [0.1, 0.15) is 0 Å². The van der Waals surface area contributed by atoms with E-state index in [-0.39, 0.29) is 0 Å². The fourth-order valence-electron chi connectivity index (χ4n) is 7.28. The molecule has 3 aliphatic carbocycles. The van der Waals surface area contributed by atoms with Crippen molar-refractivity contribution >= 4 is 0 Å². The van der Waals surface area contributed by atoms with E-state index in [0.29, 0.717) is 16.2 Å². The van der Waals surface area contributed by atoms with Crippen LogP contribution in [0.5, 0.6) is 0 Å². The highest BCUT2D eigenvalue weighted by atomic mass is 15.0. The van der Waals surface area contributed by atoms with Crippen molar-refractivity contribution in [2.45, 2.75) is 84.6 Å². The molecule has 0 unspecified atom stereocenters. The molecule has 1 aliphatic heterocycles. The maximum absolute atomic E-state index is 3.88. The minimum absolute atomic E-state index is 0.605. The quantitative estimate of drug-likeness (QED) is 0.672. The molecule has 0 aromatic rings. The molecule has 0 amide bonds. The number of nitrogens with one attached hydrogen (secondary N) is 1. The first kappa shape index (κ1) is 13.6. The minimum atomic E-state index is 0.605. The number of hydrogen-bond acceptors (Lipinski definition) is 1. The second-order valence-corrected chi connectivity index (χ2v) is 9.28. The zero-order valence-electron chi connectivity index (χ0n) is 13.8. The van der Waals surface area contributed by atoms with Gasteiger partial charge in [0.05, 0.1) is 0 Å². The number of hydrogen-bond donors (Lipinski definition) is 1. The van der Waals surface area contributed by atoms with Gasteiger partial charge in [-0.3, -0.25) is 0 Å². The highest BCUT2D eigenvalue weighted by Gasteiger charge is 2.62. The van der Waals surface area contributed by atoms with E-state index in [1.807, 2.05) is 0 Å². The van der Waals surface area contributed by atoms with Gasteiger partial charge in [-0.1, -0.05) is 27.2 Å². The molecule has 0 spiro atoms. The molecule has 20 heavy (non-hydrogen) atoms. The third kappa shape index (κ3) is 1.54. The van der Waals surface area contributed by atoms with Crippen LogP contribution in [0.25, 0.3) is 0 Å². The van der Waals surface area contributed by atoms with Crippen LogP contribution in [0.15, 0.2) is 0 Å². The lowest BCUT2D eigenvalue weighted by Gasteiger charge is -2.63. The van der Waals surface area contributed by atoms with Crippen LogP contribution in [0.2, 0.25) is 0 Å². The van der Waals surface area contributed by atoms with E-state index in [0.717, 1.165) is 17.9 Å². The molecule has 4 rings (SSSR count). The van der Waals surface area contributed by atoms with Crippen molar-refractivity contribution in [1.82, 2.24) is 5.32 Å². The second kappa shape index (κ2) is 4.24. The Hall–Kier alpha value is -0.0400. The summed E-state index contributed by atoms with van der Waals surface area (Å²) < 4.78 is 0. The summed E-state index contributed by atoms with van der Waals surface area (Å²) in [6.45, 7) is 9.22. The van der Waals surface area contributed by atoms with E-state index in [4.69, 9.17) is 0 Å². The Kier molecular flexibility index (Phi) is 2.89. The summed E-state index contributed by atoms with van der Waals surface area (Å²) in [6.07, 6.45) is 13.4. The van der Waals surface area contributed by atoms with Crippen LogP contribution in [0.4, 0.5) is 0 Å². The van der Waals surface area contributed by atoms with Crippen molar-refractivity contribution in [3.05, 3.63) is 0 Å². The second-order valence-electron chi connectivity index (χ2n) is 9.28. The van der Waals surface area contributed by atoms with Crippen LogP contribution in [0.1, 0.15) is 78.6 Å². The normalized spacial score (nSPS) is 58.6. The first-order chi connectivity index (χ1) is 9.50. The van der Waals surface area contributed by atoms with Gasteiger partial charge in [-0.05, 0) is 86.0 Å². The summed E-state index contributed by atoms with van der Waals surface area (Å²) in [5.74, 6) is 2.02. The predicted octanol–water partition coefficient (Wildman–Crippen LogP) is 4.76. The maximum atomic E-state index is 3.88. The lowest BCUT2D eigenvalue weighted by molar-refractivity contribution is -0.130. The molecule has 0 aromatic heterocycles. The average Bonchev–Trinajstić information content (AvgIpc) is 2.74. The molecule has 6 atom stereocenters. The summed E-state index contributed by atoms with van der Waals surface area (Å²) in [7, 11) is 0. The summed E-state index contributed by atoms with van der Waals surface area (Å²) in [4.78, 5) is 0. The monoisotopic (exact) mass is 275 g/mol. The summed E-state index contributed by atoms with van der Waals surface area (Å²) in [5, 5.41) is 3.88. The molecule has 3 saturated carbocycles. The van der Waals surface area contributed by atoms with Crippen LogP contribution in [0.3, 0.4) is 0 Å². The molecular formula is C19H33N. The Morgan fingerprint density at radius 1 is 0.800 bits per heavy atom. The van der Waals surface area contributed by atoms with Crippen molar-refractivity contribution < 1.29 is 0 Å². The van der Waals surface area contributed by atoms with Gasteiger partial charge in [-0.25, -0.2) is 0 Å². The third-order valence-electron chi connectivity index (χ3n) is 8.81. The fourth-order valence-corrected chi connectivity index (χ4v) is 7.28. The van der Waals surface area contributed by atoms with E-state index in [2.05, 4.69) is 26.1 Å². The van der Waals surface area contributed by atoms with Gasteiger partial charge in [-0.15, -0.1) is 0 Å². The topological polar surface area (TPSA) is 12.0 Å². The Bertz CT molecular complexity index is 405. The van der Waals surface area contributed by atoms with Crippen LogP contribution in [0, 0.1) is 28.1 Å². The molecule has 0 aromatic carbocycles. The van der Waals surface area contributed by atoms with E-state index in [1.165, 1.54) is 64.3 Å². The van der Waals surface area contributed by atoms with Crippen LogP contribution < -0.4 is 5.32 Å². The first-order valence-electron chi connectivity index (χ1n) is 9.23. The molecule has 1 heterocycles. The minimum Gasteiger partial charge on any atom is -0.313 e. The van der Waals surface area contributed by atoms with Gasteiger partial charge in [0.25, 0.3) is 0 Å². The summed E-state index contributed by atoms with van der Waals surface area (Å²) in [6, 6.07) is 0.826. The largest absolute Gasteiger partial charge is 0.313 e. The molecular weight excluding hydrogens is 242 g/mol. The SMILES string of the molecule is C[C@]12CCCN[C@@H]1CC[C@@H]1[C@@H]2CC[C@]2(C)CCC[C@@]12C. The third-order valence-corrected chi connectivity index (χ3v) is 8.81. The standard InChI is InChI=1S/C19H33N/c1-17-9-4-11-19(17,3)15-6-7-16-18(2,10-5-13-20-16)14(15)8-12-17/h14-16,20H,4-13H2,1-3H3/t14-,15+,16+,17-,18+,19-/m0/s1. The highest BCUT2D eigenvalue weighted by molar-refractivity contribution is 5.13. The van der Waals surface area contributed by atoms with Crippen LogP contribution in [-0.2, 0) is 0 Å². The van der Waals surface area contributed by atoms with Crippen molar-refractivity contribution in [2.75, 3.05) is 6.54 Å². The van der Waals surface area contributed by atoms with Gasteiger partial charge < -0.3 is 5.32 Å². The molecule has 1 heteroatoms. The maximum Gasteiger partial charge on any atom is 0.0124 e. The Morgan fingerprint density at radius 3 is 2.50 bits per heavy atom. The lowest BCUT2D eigenvalue weighted by atomic mass is 9.43. The van der Waals surface area contributed by atoms with Crippen LogP contribution >= 0.6 is 0 Å². The van der Waals surface area contributed by atoms with Crippen molar-refractivity contribution in [3.63, 3.8) is 0 Å².